The van der Waals surface area contributed by atoms with Crippen molar-refractivity contribution < 1.29 is 27.8 Å². The third-order valence-electron chi connectivity index (χ3n) is 9.07. The lowest BCUT2D eigenvalue weighted by Crippen LogP contribution is -2.61. The molecule has 1 saturated carbocycles. The highest BCUT2D eigenvalue weighted by Crippen LogP contribution is 2.47. The van der Waals surface area contributed by atoms with Gasteiger partial charge in [0, 0.05) is 11.6 Å². The lowest BCUT2D eigenvalue weighted by atomic mass is 9.64. The number of aliphatic carboxylic acids is 1. The highest BCUT2D eigenvalue weighted by Gasteiger charge is 2.48. The van der Waals surface area contributed by atoms with Gasteiger partial charge >= 0.3 is 12.1 Å². The van der Waals surface area contributed by atoms with E-state index in [-0.39, 0.29) is 29.2 Å². The molecule has 3 unspecified atom stereocenters. The van der Waals surface area contributed by atoms with Crippen molar-refractivity contribution in [1.29, 1.82) is 0 Å². The van der Waals surface area contributed by atoms with E-state index in [9.17, 15) is 23.1 Å². The van der Waals surface area contributed by atoms with Crippen LogP contribution in [0.2, 0.25) is 0 Å². The van der Waals surface area contributed by atoms with E-state index in [2.05, 4.69) is 12.2 Å². The molecule has 36 heavy (non-hydrogen) atoms. The number of halogens is 3. The van der Waals surface area contributed by atoms with Crippen molar-refractivity contribution >= 4 is 16.7 Å². The monoisotopic (exact) mass is 503 g/mol. The highest BCUT2D eigenvalue weighted by atomic mass is 19.4. The Hall–Kier alpha value is -2.28. The van der Waals surface area contributed by atoms with Crippen LogP contribution in [0.1, 0.15) is 88.7 Å². The summed E-state index contributed by atoms with van der Waals surface area (Å²) < 4.78 is 49.4. The van der Waals surface area contributed by atoms with Crippen molar-refractivity contribution in [2.24, 2.45) is 11.8 Å². The molecule has 0 radical (unpaired) electrons. The average Bonchev–Trinajstić information content (AvgIpc) is 2.83. The molecule has 2 aromatic rings. The summed E-state index contributed by atoms with van der Waals surface area (Å²) in [5.41, 5.74) is -0.328. The standard InChI is InChI=1S/C29H36F3NO3/c1-17-5-10-23(11-6-17)36-25-12-9-19-7-8-20(15-24(19)26(25)29(30,31)32)18(2)28-13-3-4-22(33-28)14-21(16-28)27(34)35/h7-9,12,15,17-18,21-23,33H,3-6,10-11,13-14,16H2,1-2H3,(H,34,35)/t17?,18?,21?,22?,23?,28-/m1/s1. The molecule has 2 heterocycles. The molecule has 7 heteroatoms. The number of carboxylic acid groups (broad SMARTS) is 1. The van der Waals surface area contributed by atoms with Crippen molar-refractivity contribution in [1.82, 2.24) is 5.32 Å². The Balaban J connectivity index is 1.52. The number of carboxylic acids is 1. The van der Waals surface area contributed by atoms with Crippen LogP contribution in [0, 0.1) is 11.8 Å². The molecule has 0 aromatic heterocycles. The number of nitrogens with one attached hydrogen (secondary N) is 1. The number of ether oxygens (including phenoxy) is 1. The molecule has 2 saturated heterocycles. The maximum absolute atomic E-state index is 14.5. The first kappa shape index (κ1) is 25.4. The number of fused-ring (bicyclic) bond motifs is 3. The van der Waals surface area contributed by atoms with Crippen LogP contribution in [0.5, 0.6) is 5.75 Å². The number of piperidine rings is 2. The van der Waals surface area contributed by atoms with Crippen molar-refractivity contribution in [3.05, 3.63) is 41.5 Å². The van der Waals surface area contributed by atoms with Crippen molar-refractivity contribution in [3.63, 3.8) is 0 Å². The van der Waals surface area contributed by atoms with Gasteiger partial charge in [-0.25, -0.2) is 0 Å². The fraction of sp³-hybridized carbons (Fsp3) is 0.621. The van der Waals surface area contributed by atoms with Crippen LogP contribution in [0.3, 0.4) is 0 Å². The Labute approximate surface area is 210 Å². The molecule has 4 nitrogen and oxygen atoms in total. The lowest BCUT2D eigenvalue weighted by Gasteiger charge is -2.52. The summed E-state index contributed by atoms with van der Waals surface area (Å²) in [6, 6.07) is 8.66. The second kappa shape index (κ2) is 9.55. The van der Waals surface area contributed by atoms with Crippen LogP contribution in [-0.2, 0) is 11.0 Å². The van der Waals surface area contributed by atoms with Gasteiger partial charge in [-0.3, -0.25) is 4.79 Å². The third kappa shape index (κ3) is 4.83. The molecule has 1 aliphatic carbocycles. The Kier molecular flexibility index (Phi) is 6.73. The van der Waals surface area contributed by atoms with E-state index in [4.69, 9.17) is 4.74 Å². The van der Waals surface area contributed by atoms with Gasteiger partial charge in [-0.05, 0) is 85.6 Å². The predicted octanol–water partition coefficient (Wildman–Crippen LogP) is 7.30. The number of hydrogen-bond donors (Lipinski definition) is 2. The van der Waals surface area contributed by atoms with Crippen molar-refractivity contribution in [2.45, 2.75) is 101 Å². The van der Waals surface area contributed by atoms with Gasteiger partial charge in [-0.15, -0.1) is 0 Å². The zero-order valence-electron chi connectivity index (χ0n) is 21.0. The zero-order chi connectivity index (χ0) is 25.7. The Morgan fingerprint density at radius 1 is 1.14 bits per heavy atom. The largest absolute Gasteiger partial charge is 0.490 e. The summed E-state index contributed by atoms with van der Waals surface area (Å²) in [6.07, 6.45) is 2.59. The van der Waals surface area contributed by atoms with E-state index >= 15 is 0 Å². The van der Waals surface area contributed by atoms with E-state index < -0.39 is 29.2 Å². The first-order chi connectivity index (χ1) is 17.1. The van der Waals surface area contributed by atoms with Gasteiger partial charge in [0.15, 0.2) is 0 Å². The summed E-state index contributed by atoms with van der Waals surface area (Å²) >= 11 is 0. The summed E-state index contributed by atoms with van der Waals surface area (Å²) in [5, 5.41) is 14.1. The minimum atomic E-state index is -4.55. The minimum absolute atomic E-state index is 0.0861. The predicted molar refractivity (Wildman–Crippen MR) is 133 cm³/mol. The topological polar surface area (TPSA) is 58.6 Å². The van der Waals surface area contributed by atoms with Crippen molar-refractivity contribution in [3.8, 4) is 5.75 Å². The maximum atomic E-state index is 14.5. The zero-order valence-corrected chi connectivity index (χ0v) is 21.0. The second-order valence-corrected chi connectivity index (χ2v) is 11.5. The molecule has 2 aliphatic heterocycles. The van der Waals surface area contributed by atoms with E-state index in [1.54, 1.807) is 18.2 Å². The van der Waals surface area contributed by atoms with E-state index in [1.807, 2.05) is 13.0 Å². The molecule has 196 valence electrons. The maximum Gasteiger partial charge on any atom is 0.420 e. The third-order valence-corrected chi connectivity index (χ3v) is 9.07. The molecule has 3 fully saturated rings. The Morgan fingerprint density at radius 2 is 1.86 bits per heavy atom. The van der Waals surface area contributed by atoms with Crippen LogP contribution in [0.4, 0.5) is 13.2 Å². The first-order valence-electron chi connectivity index (χ1n) is 13.4. The van der Waals surface area contributed by atoms with Crippen LogP contribution in [-0.4, -0.2) is 28.8 Å². The second-order valence-electron chi connectivity index (χ2n) is 11.5. The molecule has 3 aliphatic rings. The van der Waals surface area contributed by atoms with Gasteiger partial charge in [0.2, 0.25) is 0 Å². The lowest BCUT2D eigenvalue weighted by molar-refractivity contribution is -0.145. The Bertz CT molecular complexity index is 1120. The van der Waals surface area contributed by atoms with Gasteiger partial charge < -0.3 is 15.2 Å². The molecule has 4 atom stereocenters. The number of benzene rings is 2. The van der Waals surface area contributed by atoms with Gasteiger partial charge in [0.1, 0.15) is 11.3 Å². The van der Waals surface area contributed by atoms with Crippen LogP contribution >= 0.6 is 0 Å². The summed E-state index contributed by atoms with van der Waals surface area (Å²) in [5.74, 6) is -0.838. The molecule has 0 spiro atoms. The molecule has 2 aromatic carbocycles. The number of alkyl halides is 3. The van der Waals surface area contributed by atoms with Crippen LogP contribution in [0.25, 0.3) is 10.8 Å². The molecule has 5 rings (SSSR count). The highest BCUT2D eigenvalue weighted by molar-refractivity contribution is 5.89. The Morgan fingerprint density at radius 3 is 2.56 bits per heavy atom. The fourth-order valence-electron chi connectivity index (χ4n) is 6.95. The smallest absolute Gasteiger partial charge is 0.420 e. The van der Waals surface area contributed by atoms with Gasteiger partial charge in [0.05, 0.1) is 12.0 Å². The normalized spacial score (nSPS) is 31.7. The molecular weight excluding hydrogens is 467 g/mol. The summed E-state index contributed by atoms with van der Waals surface area (Å²) in [7, 11) is 0. The fourth-order valence-corrected chi connectivity index (χ4v) is 6.95. The quantitative estimate of drug-likeness (QED) is 0.450. The van der Waals surface area contributed by atoms with Gasteiger partial charge in [-0.2, -0.15) is 13.2 Å². The van der Waals surface area contributed by atoms with Crippen molar-refractivity contribution in [2.75, 3.05) is 0 Å². The van der Waals surface area contributed by atoms with Crippen LogP contribution in [0.15, 0.2) is 30.3 Å². The molecule has 2 N–H and O–H groups in total. The van der Waals surface area contributed by atoms with E-state index in [1.165, 1.54) is 6.07 Å². The van der Waals surface area contributed by atoms with Gasteiger partial charge in [-0.1, -0.05) is 44.5 Å². The summed E-state index contributed by atoms with van der Waals surface area (Å²) in [4.78, 5) is 11.9. The first-order valence-corrected chi connectivity index (χ1v) is 13.4. The average molecular weight is 504 g/mol. The number of hydrogen-bond acceptors (Lipinski definition) is 3. The molecule has 2 bridgehead atoms. The van der Waals surface area contributed by atoms with E-state index in [0.717, 1.165) is 50.5 Å². The van der Waals surface area contributed by atoms with E-state index in [0.29, 0.717) is 24.1 Å². The number of carbonyl (C=O) groups is 1. The minimum Gasteiger partial charge on any atom is -0.490 e. The number of rotatable bonds is 5. The van der Waals surface area contributed by atoms with Crippen LogP contribution < -0.4 is 10.1 Å². The molecule has 0 amide bonds. The molecular formula is C29H36F3NO3. The van der Waals surface area contributed by atoms with Gasteiger partial charge in [0.25, 0.3) is 0 Å². The summed E-state index contributed by atoms with van der Waals surface area (Å²) in [6.45, 7) is 4.20. The SMILES string of the molecule is CC1CCC(Oc2ccc3ccc(C(C)[C@@]45CCCC(CC(C(=O)O)C4)N5)cc3c2C(F)(F)F)CC1.